The predicted octanol–water partition coefficient (Wildman–Crippen LogP) is 1.25. The molecule has 0 aliphatic carbocycles. The van der Waals surface area contributed by atoms with Crippen molar-refractivity contribution in [3.8, 4) is 0 Å². The van der Waals surface area contributed by atoms with Crippen LogP contribution in [0, 0.1) is 10.1 Å². The van der Waals surface area contributed by atoms with Gasteiger partial charge in [-0.15, -0.1) is 0 Å². The second-order valence-corrected chi connectivity index (χ2v) is 8.47. The van der Waals surface area contributed by atoms with E-state index < -0.39 is 22.2 Å². The third-order valence-corrected chi connectivity index (χ3v) is 4.30. The minimum absolute atomic E-state index is 0.0432. The topological polar surface area (TPSA) is 126 Å². The van der Waals surface area contributed by atoms with Crippen molar-refractivity contribution >= 4 is 23.5 Å². The molecule has 0 saturated carbocycles. The summed E-state index contributed by atoms with van der Waals surface area (Å²) < 4.78 is 6.59. The third-order valence-electron chi connectivity index (χ3n) is 4.00. The fourth-order valence-corrected chi connectivity index (χ4v) is 3.12. The van der Waals surface area contributed by atoms with Crippen molar-refractivity contribution < 1.29 is 19.6 Å². The number of hydrazine groups is 1. The molecule has 0 radical (unpaired) electrons. The number of imidazole rings is 1. The summed E-state index contributed by atoms with van der Waals surface area (Å²) in [7, 11) is 0. The van der Waals surface area contributed by atoms with Gasteiger partial charge in [-0.05, 0) is 49.2 Å². The van der Waals surface area contributed by atoms with E-state index in [1.807, 2.05) is 4.90 Å². The number of aliphatic hydroxyl groups is 1. The maximum atomic E-state index is 11.8. The van der Waals surface area contributed by atoms with E-state index in [1.165, 1.54) is 10.8 Å². The van der Waals surface area contributed by atoms with E-state index >= 15 is 0 Å². The van der Waals surface area contributed by atoms with E-state index in [1.54, 1.807) is 32.7 Å². The number of aromatic nitrogens is 2. The number of amides is 1. The number of carbonyl (C=O) groups excluding carboxylic acids is 1. The van der Waals surface area contributed by atoms with Gasteiger partial charge in [0.05, 0.1) is 12.1 Å². The first kappa shape index (κ1) is 22.3. The van der Waals surface area contributed by atoms with Crippen LogP contribution in [0.4, 0.5) is 10.6 Å². The Hall–Kier alpha value is -1.95. The zero-order valence-electron chi connectivity index (χ0n) is 16.5. The summed E-state index contributed by atoms with van der Waals surface area (Å²) in [6.07, 6.45) is 0.712. The minimum atomic E-state index is -1.17. The van der Waals surface area contributed by atoms with Crippen molar-refractivity contribution in [2.75, 3.05) is 32.7 Å². The molecule has 0 unspecified atom stereocenters. The van der Waals surface area contributed by atoms with Crippen LogP contribution in [0.2, 0.25) is 5.28 Å². The second kappa shape index (κ2) is 8.60. The lowest BCUT2D eigenvalue weighted by Gasteiger charge is -2.38. The van der Waals surface area contributed by atoms with Crippen LogP contribution in [0.5, 0.6) is 0 Å². The summed E-state index contributed by atoms with van der Waals surface area (Å²) >= 11 is 5.92. The summed E-state index contributed by atoms with van der Waals surface area (Å²) in [6.45, 7) is 9.86. The fourth-order valence-electron chi connectivity index (χ4n) is 2.93. The number of hydrogen-bond donors (Lipinski definition) is 2. The Kier molecular flexibility index (Phi) is 6.86. The van der Waals surface area contributed by atoms with Gasteiger partial charge in [0.2, 0.25) is 0 Å². The van der Waals surface area contributed by atoms with Crippen LogP contribution in [-0.4, -0.2) is 79.5 Å². The average molecular weight is 419 g/mol. The van der Waals surface area contributed by atoms with Crippen molar-refractivity contribution in [1.82, 2.24) is 24.9 Å². The van der Waals surface area contributed by atoms with Gasteiger partial charge in [0.15, 0.2) is 0 Å². The van der Waals surface area contributed by atoms with Crippen LogP contribution >= 0.6 is 11.6 Å². The second-order valence-electron chi connectivity index (χ2n) is 8.13. The number of β-amino-alcohol motifs (C(OH)–C–C–N with tert-alkyl or cyclic N) is 1. The molecule has 28 heavy (non-hydrogen) atoms. The van der Waals surface area contributed by atoms with Gasteiger partial charge in [-0.3, -0.25) is 14.9 Å². The number of rotatable bonds is 6. The molecule has 1 aliphatic rings. The lowest BCUT2D eigenvalue weighted by molar-refractivity contribution is -0.389. The fraction of sp³-hybridized carbons (Fsp3) is 0.750. The third kappa shape index (κ3) is 6.89. The molecular weight excluding hydrogens is 392 g/mol. The van der Waals surface area contributed by atoms with Gasteiger partial charge in [0.25, 0.3) is 0 Å². The quantitative estimate of drug-likeness (QED) is 0.522. The van der Waals surface area contributed by atoms with Gasteiger partial charge >= 0.3 is 17.2 Å². The van der Waals surface area contributed by atoms with E-state index in [0.29, 0.717) is 32.7 Å². The molecule has 1 aromatic heterocycles. The highest BCUT2D eigenvalue weighted by Gasteiger charge is 2.30. The molecular formula is C16H27ClN6O5. The molecule has 0 aromatic carbocycles. The van der Waals surface area contributed by atoms with Gasteiger partial charge < -0.3 is 20.0 Å². The van der Waals surface area contributed by atoms with E-state index in [2.05, 4.69) is 10.4 Å². The van der Waals surface area contributed by atoms with E-state index in [9.17, 15) is 20.0 Å². The first-order valence-electron chi connectivity index (χ1n) is 8.91. The molecule has 12 heteroatoms. The average Bonchev–Trinajstić information content (AvgIpc) is 2.87. The van der Waals surface area contributed by atoms with E-state index in [-0.39, 0.29) is 17.6 Å². The summed E-state index contributed by atoms with van der Waals surface area (Å²) in [5.74, 6) is -0.359. The monoisotopic (exact) mass is 418 g/mol. The van der Waals surface area contributed by atoms with Gasteiger partial charge in [0.1, 0.15) is 11.8 Å². The summed E-state index contributed by atoms with van der Waals surface area (Å²) in [5.41, 5.74) is 0.980. The standard InChI is InChI=1S/C16H27ClN6O5/c1-15(2,3)28-14(24)19-22-7-5-20(6-8-22)10-16(4,25)11-21-9-12(23(26)27)18-13(21)17/h9,25H,5-8,10-11H2,1-4H3,(H,19,24)/t16-/m0/s1. The molecule has 1 amide bonds. The Morgan fingerprint density at radius 1 is 1.32 bits per heavy atom. The Bertz CT molecular complexity index is 709. The maximum Gasteiger partial charge on any atom is 0.422 e. The summed E-state index contributed by atoms with van der Waals surface area (Å²) in [4.78, 5) is 27.7. The van der Waals surface area contributed by atoms with Crippen LogP contribution in [0.15, 0.2) is 6.20 Å². The maximum absolute atomic E-state index is 11.8. The number of ether oxygens (including phenoxy) is 1. The normalized spacial score (nSPS) is 18.5. The van der Waals surface area contributed by atoms with E-state index in [0.717, 1.165) is 0 Å². The molecule has 2 rings (SSSR count). The number of nitro groups is 1. The Morgan fingerprint density at radius 3 is 2.43 bits per heavy atom. The highest BCUT2D eigenvalue weighted by atomic mass is 35.5. The Morgan fingerprint density at radius 2 is 1.93 bits per heavy atom. The number of nitrogens with one attached hydrogen (secondary N) is 1. The van der Waals surface area contributed by atoms with Crippen LogP contribution < -0.4 is 5.43 Å². The van der Waals surface area contributed by atoms with Crippen LogP contribution in [0.25, 0.3) is 0 Å². The Labute approximate surface area is 168 Å². The van der Waals surface area contributed by atoms with E-state index in [4.69, 9.17) is 16.3 Å². The van der Waals surface area contributed by atoms with Crippen LogP contribution in [0.1, 0.15) is 27.7 Å². The molecule has 158 valence electrons. The number of hydrogen-bond acceptors (Lipinski definition) is 8. The van der Waals surface area contributed by atoms with Crippen LogP contribution in [-0.2, 0) is 11.3 Å². The summed E-state index contributed by atoms with van der Waals surface area (Å²) in [5, 5.41) is 23.2. The molecule has 1 atom stereocenters. The molecule has 1 fully saturated rings. The molecule has 1 aliphatic heterocycles. The SMILES string of the molecule is CC(C)(C)OC(=O)NN1CCN(C[C@](C)(O)Cn2cc([N+](=O)[O-])nc2Cl)CC1. The Balaban J connectivity index is 1.83. The van der Waals surface area contributed by atoms with Gasteiger partial charge in [-0.2, -0.15) is 0 Å². The van der Waals surface area contributed by atoms with Gasteiger partial charge in [0, 0.05) is 32.7 Å². The minimum Gasteiger partial charge on any atom is -0.443 e. The van der Waals surface area contributed by atoms with Crippen molar-refractivity contribution in [3.63, 3.8) is 0 Å². The lowest BCUT2D eigenvalue weighted by Crippen LogP contribution is -2.56. The smallest absolute Gasteiger partial charge is 0.422 e. The first-order valence-corrected chi connectivity index (χ1v) is 9.29. The van der Waals surface area contributed by atoms with Crippen molar-refractivity contribution in [3.05, 3.63) is 21.6 Å². The molecule has 11 nitrogen and oxygen atoms in total. The molecule has 2 N–H and O–H groups in total. The van der Waals surface area contributed by atoms with Gasteiger partial charge in [-0.25, -0.2) is 9.80 Å². The van der Waals surface area contributed by atoms with Crippen molar-refractivity contribution in [1.29, 1.82) is 0 Å². The molecule has 0 spiro atoms. The zero-order chi connectivity index (χ0) is 21.1. The number of carbonyl (C=O) groups is 1. The van der Waals surface area contributed by atoms with Crippen molar-refractivity contribution in [2.45, 2.75) is 45.4 Å². The number of piperazine rings is 1. The van der Waals surface area contributed by atoms with Crippen LogP contribution in [0.3, 0.4) is 0 Å². The molecule has 0 bridgehead atoms. The first-order chi connectivity index (χ1) is 12.8. The molecule has 2 heterocycles. The highest BCUT2D eigenvalue weighted by Crippen LogP contribution is 2.20. The lowest BCUT2D eigenvalue weighted by atomic mass is 10.1. The zero-order valence-corrected chi connectivity index (χ0v) is 17.3. The largest absolute Gasteiger partial charge is 0.443 e. The summed E-state index contributed by atoms with van der Waals surface area (Å²) in [6, 6.07) is 0. The highest BCUT2D eigenvalue weighted by molar-refractivity contribution is 6.28. The molecule has 1 aromatic rings. The molecule has 1 saturated heterocycles. The van der Waals surface area contributed by atoms with Gasteiger partial charge in [-0.1, -0.05) is 0 Å². The predicted molar refractivity (Wildman–Crippen MR) is 102 cm³/mol. The van der Waals surface area contributed by atoms with Crippen molar-refractivity contribution in [2.24, 2.45) is 0 Å². The number of nitrogens with zero attached hydrogens (tertiary/aromatic N) is 5. The number of halogens is 1.